The summed E-state index contributed by atoms with van der Waals surface area (Å²) in [6.45, 7) is 3.18. The van der Waals surface area contributed by atoms with Gasteiger partial charge in [0.05, 0.1) is 19.0 Å². The molecule has 0 bridgehead atoms. The molecule has 0 saturated carbocycles. The third-order valence-corrected chi connectivity index (χ3v) is 5.53. The fraction of sp³-hybridized carbons (Fsp3) is 0.304. The summed E-state index contributed by atoms with van der Waals surface area (Å²) >= 11 is 0. The lowest BCUT2D eigenvalue weighted by molar-refractivity contribution is 0.0997. The number of nitrogens with zero attached hydrogens (tertiary/aromatic N) is 3. The number of rotatable bonds is 5. The van der Waals surface area contributed by atoms with E-state index in [2.05, 4.69) is 36.1 Å². The van der Waals surface area contributed by atoms with E-state index in [1.54, 1.807) is 0 Å². The lowest BCUT2D eigenvalue weighted by atomic mass is 9.96. The van der Waals surface area contributed by atoms with Crippen molar-refractivity contribution >= 4 is 22.4 Å². The third kappa shape index (κ3) is 3.21. The highest BCUT2D eigenvalue weighted by atomic mass is 16.1. The van der Waals surface area contributed by atoms with E-state index >= 15 is 0 Å². The minimum atomic E-state index is 0.130. The number of ketones is 1. The molecule has 0 fully saturated rings. The maximum atomic E-state index is 13.2. The van der Waals surface area contributed by atoms with E-state index < -0.39 is 0 Å². The van der Waals surface area contributed by atoms with Crippen LogP contribution in [0.4, 0.5) is 5.69 Å². The molecule has 0 amide bonds. The predicted octanol–water partition coefficient (Wildman–Crippen LogP) is 4.58. The SMILES string of the molecule is CC1CCc2ccccc2N1CC(=O)c1cn(CCC#N)c2ccccc12. The smallest absolute Gasteiger partial charge is 0.184 e. The van der Waals surface area contributed by atoms with Crippen LogP contribution in [-0.2, 0) is 13.0 Å². The Morgan fingerprint density at radius 2 is 1.96 bits per heavy atom. The van der Waals surface area contributed by atoms with Crippen LogP contribution in [0.15, 0.2) is 54.7 Å². The number of aryl methyl sites for hydroxylation is 2. The molecule has 0 N–H and O–H groups in total. The van der Waals surface area contributed by atoms with Crippen molar-refractivity contribution in [3.8, 4) is 6.07 Å². The van der Waals surface area contributed by atoms with Gasteiger partial charge in [-0.25, -0.2) is 0 Å². The Kier molecular flexibility index (Phi) is 4.68. The molecule has 3 aromatic rings. The van der Waals surface area contributed by atoms with Gasteiger partial charge in [-0.2, -0.15) is 5.26 Å². The zero-order valence-electron chi connectivity index (χ0n) is 15.6. The number of benzene rings is 2. The minimum absolute atomic E-state index is 0.130. The Bertz CT molecular complexity index is 1030. The molecule has 136 valence electrons. The Morgan fingerprint density at radius 3 is 2.81 bits per heavy atom. The predicted molar refractivity (Wildman–Crippen MR) is 108 cm³/mol. The van der Waals surface area contributed by atoms with E-state index in [0.29, 0.717) is 25.6 Å². The van der Waals surface area contributed by atoms with E-state index in [4.69, 9.17) is 5.26 Å². The number of Topliss-reactive ketones (excluding diaryl/α,β-unsaturated/α-hetero) is 1. The number of para-hydroxylation sites is 2. The van der Waals surface area contributed by atoms with Crippen LogP contribution < -0.4 is 4.90 Å². The second kappa shape index (κ2) is 7.28. The summed E-state index contributed by atoms with van der Waals surface area (Å²) in [5.41, 5.74) is 4.26. The molecule has 0 radical (unpaired) electrons. The molecule has 27 heavy (non-hydrogen) atoms. The molecule has 4 nitrogen and oxygen atoms in total. The van der Waals surface area contributed by atoms with E-state index in [9.17, 15) is 4.79 Å². The van der Waals surface area contributed by atoms with Gasteiger partial charge in [-0.15, -0.1) is 0 Å². The number of fused-ring (bicyclic) bond motifs is 2. The van der Waals surface area contributed by atoms with E-state index in [1.165, 1.54) is 11.3 Å². The fourth-order valence-electron chi connectivity index (χ4n) is 4.07. The Hall–Kier alpha value is -3.06. The number of hydrogen-bond donors (Lipinski definition) is 0. The number of nitriles is 1. The van der Waals surface area contributed by atoms with Crippen LogP contribution in [0.3, 0.4) is 0 Å². The molecule has 0 saturated heterocycles. The van der Waals surface area contributed by atoms with Crippen LogP contribution in [0.1, 0.15) is 35.7 Å². The molecule has 1 aromatic heterocycles. The molecule has 1 unspecified atom stereocenters. The Labute approximate surface area is 159 Å². The molecular weight excluding hydrogens is 334 g/mol. The number of carbonyl (C=O) groups is 1. The van der Waals surface area contributed by atoms with Gasteiger partial charge in [-0.05, 0) is 37.5 Å². The molecule has 1 aliphatic rings. The molecule has 1 aliphatic heterocycles. The highest BCUT2D eigenvalue weighted by Gasteiger charge is 2.26. The van der Waals surface area contributed by atoms with Crippen molar-refractivity contribution in [1.29, 1.82) is 5.26 Å². The summed E-state index contributed by atoms with van der Waals surface area (Å²) in [6, 6.07) is 18.9. The van der Waals surface area contributed by atoms with Gasteiger partial charge in [-0.3, -0.25) is 4.79 Å². The average molecular weight is 357 g/mol. The number of aromatic nitrogens is 1. The van der Waals surface area contributed by atoms with Crippen LogP contribution >= 0.6 is 0 Å². The van der Waals surface area contributed by atoms with Crippen molar-refractivity contribution in [3.63, 3.8) is 0 Å². The molecule has 1 atom stereocenters. The van der Waals surface area contributed by atoms with Crippen molar-refractivity contribution in [1.82, 2.24) is 4.57 Å². The first-order chi connectivity index (χ1) is 13.2. The van der Waals surface area contributed by atoms with Crippen LogP contribution in [0, 0.1) is 11.3 Å². The van der Waals surface area contributed by atoms with Crippen LogP contribution in [0.2, 0.25) is 0 Å². The monoisotopic (exact) mass is 357 g/mol. The van der Waals surface area contributed by atoms with Crippen molar-refractivity contribution < 1.29 is 4.79 Å². The Balaban J connectivity index is 1.67. The number of hydrogen-bond acceptors (Lipinski definition) is 3. The molecule has 4 rings (SSSR count). The van der Waals surface area contributed by atoms with Gasteiger partial charge in [0.15, 0.2) is 5.78 Å². The van der Waals surface area contributed by atoms with Gasteiger partial charge in [0.2, 0.25) is 0 Å². The quantitative estimate of drug-likeness (QED) is 0.628. The van der Waals surface area contributed by atoms with Gasteiger partial charge in [-0.1, -0.05) is 36.4 Å². The maximum absolute atomic E-state index is 13.2. The molecular formula is C23H23N3O. The van der Waals surface area contributed by atoms with Crippen molar-refractivity contribution in [2.75, 3.05) is 11.4 Å². The summed E-state index contributed by atoms with van der Waals surface area (Å²) in [7, 11) is 0. The average Bonchev–Trinajstić information content (AvgIpc) is 3.07. The molecule has 4 heteroatoms. The van der Waals surface area contributed by atoms with Crippen LogP contribution in [-0.4, -0.2) is 22.9 Å². The standard InChI is InChI=1S/C23H23N3O/c1-17-11-12-18-7-2-4-9-21(18)26(17)16-23(27)20-15-25(14-6-13-24)22-10-5-3-8-19(20)22/h2-5,7-10,15,17H,6,11-12,14,16H2,1H3. The molecule has 2 aromatic carbocycles. The number of carbonyl (C=O) groups excluding carboxylic acids is 1. The summed E-state index contributed by atoms with van der Waals surface area (Å²) < 4.78 is 2.03. The van der Waals surface area contributed by atoms with Gasteiger partial charge in [0, 0.05) is 40.9 Å². The van der Waals surface area contributed by atoms with Crippen molar-refractivity contribution in [3.05, 3.63) is 65.9 Å². The fourth-order valence-corrected chi connectivity index (χ4v) is 4.07. The minimum Gasteiger partial charge on any atom is -0.361 e. The van der Waals surface area contributed by atoms with Gasteiger partial charge >= 0.3 is 0 Å². The zero-order valence-corrected chi connectivity index (χ0v) is 15.6. The van der Waals surface area contributed by atoms with Crippen molar-refractivity contribution in [2.24, 2.45) is 0 Å². The Morgan fingerprint density at radius 1 is 1.19 bits per heavy atom. The highest BCUT2D eigenvalue weighted by molar-refractivity contribution is 6.10. The van der Waals surface area contributed by atoms with E-state index in [-0.39, 0.29) is 5.78 Å². The first kappa shape index (κ1) is 17.4. The first-order valence-corrected chi connectivity index (χ1v) is 9.51. The molecule has 2 heterocycles. The second-order valence-electron chi connectivity index (χ2n) is 7.23. The maximum Gasteiger partial charge on any atom is 0.184 e. The van der Waals surface area contributed by atoms with Crippen LogP contribution in [0.25, 0.3) is 10.9 Å². The van der Waals surface area contributed by atoms with Gasteiger partial charge < -0.3 is 9.47 Å². The van der Waals surface area contributed by atoms with Gasteiger partial charge in [0.1, 0.15) is 0 Å². The second-order valence-corrected chi connectivity index (χ2v) is 7.23. The van der Waals surface area contributed by atoms with E-state index in [1.807, 2.05) is 41.1 Å². The highest BCUT2D eigenvalue weighted by Crippen LogP contribution is 2.31. The first-order valence-electron chi connectivity index (χ1n) is 9.51. The largest absolute Gasteiger partial charge is 0.361 e. The van der Waals surface area contributed by atoms with Gasteiger partial charge in [0.25, 0.3) is 0 Å². The third-order valence-electron chi connectivity index (χ3n) is 5.53. The van der Waals surface area contributed by atoms with Crippen LogP contribution in [0.5, 0.6) is 0 Å². The normalized spacial score (nSPS) is 16.1. The summed E-state index contributed by atoms with van der Waals surface area (Å²) in [5, 5.41) is 9.89. The summed E-state index contributed by atoms with van der Waals surface area (Å²) in [5.74, 6) is 0.130. The lowest BCUT2D eigenvalue weighted by Crippen LogP contribution is -2.40. The summed E-state index contributed by atoms with van der Waals surface area (Å²) in [6.07, 6.45) is 4.48. The number of anilines is 1. The van der Waals surface area contributed by atoms with E-state index in [0.717, 1.165) is 29.3 Å². The lowest BCUT2D eigenvalue weighted by Gasteiger charge is -2.36. The summed E-state index contributed by atoms with van der Waals surface area (Å²) in [4.78, 5) is 15.5. The topological polar surface area (TPSA) is 49.0 Å². The zero-order chi connectivity index (χ0) is 18.8. The molecule has 0 aliphatic carbocycles. The van der Waals surface area contributed by atoms with Crippen molar-refractivity contribution in [2.45, 2.75) is 38.8 Å². The molecule has 0 spiro atoms.